The molecule has 3 atom stereocenters. The lowest BCUT2D eigenvalue weighted by Crippen LogP contribution is -2.27. The maximum atomic E-state index is 8.94. The fraction of sp³-hybridized carbons (Fsp3) is 0.692. The van der Waals surface area contributed by atoms with Gasteiger partial charge in [0.2, 0.25) is 0 Å². The first-order chi connectivity index (χ1) is 8.17. The minimum absolute atomic E-state index is 0.0401. The Morgan fingerprint density at radius 2 is 2.00 bits per heavy atom. The zero-order chi connectivity index (χ0) is 12.8. The zero-order valence-corrected chi connectivity index (χ0v) is 10.6. The van der Waals surface area contributed by atoms with E-state index in [1.54, 1.807) is 0 Å². The summed E-state index contributed by atoms with van der Waals surface area (Å²) in [5.41, 5.74) is 0.925. The van der Waals surface area contributed by atoms with Gasteiger partial charge in [0.15, 0.2) is 0 Å². The maximum Gasteiger partial charge on any atom is 0.131 e. The van der Waals surface area contributed by atoms with E-state index in [0.29, 0.717) is 13.0 Å². The molecule has 1 heterocycles. The van der Waals surface area contributed by atoms with Gasteiger partial charge in [-0.2, -0.15) is 10.5 Å². The molecule has 4 heteroatoms. The van der Waals surface area contributed by atoms with Crippen LogP contribution < -0.4 is 0 Å². The highest BCUT2D eigenvalue weighted by molar-refractivity contribution is 5.42. The molecule has 0 amide bonds. The van der Waals surface area contributed by atoms with Gasteiger partial charge in [0.25, 0.3) is 0 Å². The van der Waals surface area contributed by atoms with Gasteiger partial charge in [-0.3, -0.25) is 0 Å². The van der Waals surface area contributed by atoms with Gasteiger partial charge in [0.1, 0.15) is 23.8 Å². The van der Waals surface area contributed by atoms with Crippen LogP contribution >= 0.6 is 0 Å². The fourth-order valence-corrected chi connectivity index (χ4v) is 2.21. The Hall–Kier alpha value is -1.36. The number of hydrogen-bond donors (Lipinski definition) is 0. The van der Waals surface area contributed by atoms with Gasteiger partial charge >= 0.3 is 0 Å². The smallest absolute Gasteiger partial charge is 0.131 e. The molecule has 1 rings (SSSR count). The van der Waals surface area contributed by atoms with E-state index < -0.39 is 0 Å². The Labute approximate surface area is 102 Å². The summed E-state index contributed by atoms with van der Waals surface area (Å²) in [6.07, 6.45) is 1.27. The molecule has 0 aliphatic carbocycles. The Morgan fingerprint density at radius 1 is 1.35 bits per heavy atom. The van der Waals surface area contributed by atoms with E-state index in [-0.39, 0.29) is 23.9 Å². The van der Waals surface area contributed by atoms with Gasteiger partial charge in [-0.1, -0.05) is 6.92 Å². The molecule has 0 N–H and O–H groups in total. The molecule has 0 aromatic rings. The molecule has 1 aliphatic rings. The lowest BCUT2D eigenvalue weighted by molar-refractivity contribution is 0.00173. The summed E-state index contributed by atoms with van der Waals surface area (Å²) in [5.74, 6) is 0. The molecule has 92 valence electrons. The monoisotopic (exact) mass is 234 g/mol. The van der Waals surface area contributed by atoms with Crippen molar-refractivity contribution in [2.75, 3.05) is 6.61 Å². The Balaban J connectivity index is 3.00. The van der Waals surface area contributed by atoms with E-state index in [9.17, 15) is 0 Å². The third-order valence-corrected chi connectivity index (χ3v) is 2.93. The van der Waals surface area contributed by atoms with E-state index in [4.69, 9.17) is 20.0 Å². The maximum absolute atomic E-state index is 8.94. The van der Waals surface area contributed by atoms with Crippen LogP contribution in [0.3, 0.4) is 0 Å². The van der Waals surface area contributed by atoms with Crippen LogP contribution in [0.5, 0.6) is 0 Å². The van der Waals surface area contributed by atoms with Crippen molar-refractivity contribution in [3.63, 3.8) is 0 Å². The van der Waals surface area contributed by atoms with Crippen molar-refractivity contribution >= 4 is 0 Å². The minimum atomic E-state index is -0.246. The van der Waals surface area contributed by atoms with Gasteiger partial charge < -0.3 is 9.47 Å². The van der Waals surface area contributed by atoms with Gasteiger partial charge in [-0.25, -0.2) is 0 Å². The summed E-state index contributed by atoms with van der Waals surface area (Å²) in [5, 5.41) is 17.9. The zero-order valence-electron chi connectivity index (χ0n) is 10.6. The predicted molar refractivity (Wildman–Crippen MR) is 62.9 cm³/mol. The normalized spacial score (nSPS) is 27.2. The second kappa shape index (κ2) is 6.39. The Morgan fingerprint density at radius 3 is 2.47 bits per heavy atom. The van der Waals surface area contributed by atoms with Crippen molar-refractivity contribution in [1.29, 1.82) is 10.5 Å². The standard InChI is InChI=1S/C13H18N2O2/c1-4-11(10(7-14)8-15)13-12(16-5-2)6-9(3)17-13/h9,12-13H,4-6H2,1-3H3/t9-,12+,13-/m1/s1. The van der Waals surface area contributed by atoms with E-state index in [1.165, 1.54) is 0 Å². The fourth-order valence-electron chi connectivity index (χ4n) is 2.21. The third-order valence-electron chi connectivity index (χ3n) is 2.93. The van der Waals surface area contributed by atoms with Crippen molar-refractivity contribution in [3.8, 4) is 12.1 Å². The number of ether oxygens (including phenoxy) is 2. The van der Waals surface area contributed by atoms with Crippen LogP contribution in [0.2, 0.25) is 0 Å². The first-order valence-corrected chi connectivity index (χ1v) is 5.98. The summed E-state index contributed by atoms with van der Waals surface area (Å²) in [4.78, 5) is 0. The average molecular weight is 234 g/mol. The van der Waals surface area contributed by atoms with Gasteiger partial charge in [-0.05, 0) is 25.8 Å². The molecule has 1 saturated heterocycles. The van der Waals surface area contributed by atoms with Crippen molar-refractivity contribution < 1.29 is 9.47 Å². The van der Waals surface area contributed by atoms with Crippen LogP contribution in [0.4, 0.5) is 0 Å². The predicted octanol–water partition coefficient (Wildman–Crippen LogP) is 2.32. The largest absolute Gasteiger partial charge is 0.375 e. The van der Waals surface area contributed by atoms with Crippen molar-refractivity contribution in [3.05, 3.63) is 11.1 Å². The van der Waals surface area contributed by atoms with Crippen LogP contribution in [-0.4, -0.2) is 24.9 Å². The SMILES string of the molecule is CCO[C@H]1C[C@@H](C)O[C@@H]1C(CC)=C(C#N)C#N. The number of nitrogens with zero attached hydrogens (tertiary/aromatic N) is 2. The van der Waals surface area contributed by atoms with Gasteiger partial charge in [-0.15, -0.1) is 0 Å². The lowest BCUT2D eigenvalue weighted by Gasteiger charge is -2.20. The second-order valence-electron chi connectivity index (χ2n) is 4.07. The Kier molecular flexibility index (Phi) is 5.15. The van der Waals surface area contributed by atoms with Crippen molar-refractivity contribution in [1.82, 2.24) is 0 Å². The summed E-state index contributed by atoms with van der Waals surface area (Å²) in [6, 6.07) is 3.88. The molecule has 0 aromatic carbocycles. The molecule has 0 bridgehead atoms. The molecule has 0 aromatic heterocycles. The molecule has 4 nitrogen and oxygen atoms in total. The van der Waals surface area contributed by atoms with Crippen molar-refractivity contribution in [2.24, 2.45) is 0 Å². The Bertz CT molecular complexity index is 360. The first-order valence-electron chi connectivity index (χ1n) is 5.98. The molecular formula is C13H18N2O2. The highest BCUT2D eigenvalue weighted by Crippen LogP contribution is 2.31. The number of allylic oxidation sites excluding steroid dienone is 1. The quantitative estimate of drug-likeness (QED) is 0.700. The van der Waals surface area contributed by atoms with Crippen LogP contribution in [0.1, 0.15) is 33.6 Å². The molecular weight excluding hydrogens is 216 g/mol. The average Bonchev–Trinajstić information content (AvgIpc) is 2.67. The highest BCUT2D eigenvalue weighted by atomic mass is 16.6. The van der Waals surface area contributed by atoms with E-state index in [0.717, 1.165) is 12.0 Å². The second-order valence-corrected chi connectivity index (χ2v) is 4.07. The minimum Gasteiger partial charge on any atom is -0.375 e. The number of rotatable bonds is 4. The van der Waals surface area contributed by atoms with Crippen molar-refractivity contribution in [2.45, 2.75) is 51.9 Å². The molecule has 17 heavy (non-hydrogen) atoms. The number of nitriles is 2. The highest BCUT2D eigenvalue weighted by Gasteiger charge is 2.36. The van der Waals surface area contributed by atoms with Gasteiger partial charge in [0.05, 0.1) is 12.2 Å². The lowest BCUT2D eigenvalue weighted by atomic mass is 9.97. The molecule has 0 radical (unpaired) electrons. The summed E-state index contributed by atoms with van der Waals surface area (Å²) in [6.45, 7) is 6.46. The van der Waals surface area contributed by atoms with E-state index in [2.05, 4.69) is 0 Å². The summed E-state index contributed by atoms with van der Waals surface area (Å²) >= 11 is 0. The van der Waals surface area contributed by atoms with Crippen LogP contribution in [-0.2, 0) is 9.47 Å². The molecule has 0 spiro atoms. The summed E-state index contributed by atoms with van der Waals surface area (Å²) < 4.78 is 11.4. The first kappa shape index (κ1) is 13.7. The third kappa shape index (κ3) is 3.06. The topological polar surface area (TPSA) is 66.0 Å². The molecule has 0 saturated carbocycles. The van der Waals surface area contributed by atoms with Gasteiger partial charge in [0, 0.05) is 13.0 Å². The molecule has 1 fully saturated rings. The van der Waals surface area contributed by atoms with Crippen LogP contribution in [0.25, 0.3) is 0 Å². The van der Waals surface area contributed by atoms with Crippen LogP contribution in [0, 0.1) is 22.7 Å². The van der Waals surface area contributed by atoms with E-state index >= 15 is 0 Å². The molecule has 1 aliphatic heterocycles. The number of hydrogen-bond acceptors (Lipinski definition) is 4. The van der Waals surface area contributed by atoms with E-state index in [1.807, 2.05) is 32.9 Å². The summed E-state index contributed by atoms with van der Waals surface area (Å²) in [7, 11) is 0. The van der Waals surface area contributed by atoms with Crippen LogP contribution in [0.15, 0.2) is 11.1 Å². The molecule has 0 unspecified atom stereocenters.